The van der Waals surface area contributed by atoms with Crippen molar-refractivity contribution in [2.24, 2.45) is 0 Å². The van der Waals surface area contributed by atoms with Crippen molar-refractivity contribution < 1.29 is 4.73 Å². The largest absolute Gasteiger partial charge is 0.618 e. The Kier molecular flexibility index (Phi) is 2.84. The van der Waals surface area contributed by atoms with Gasteiger partial charge in [-0.3, -0.25) is 0 Å². The highest BCUT2D eigenvalue weighted by Gasteiger charge is 2.23. The van der Waals surface area contributed by atoms with Crippen molar-refractivity contribution >= 4 is 0 Å². The van der Waals surface area contributed by atoms with Crippen LogP contribution in [0.2, 0.25) is 0 Å². The van der Waals surface area contributed by atoms with E-state index in [0.717, 1.165) is 16.0 Å². The van der Waals surface area contributed by atoms with Gasteiger partial charge in [-0.05, 0) is 12.0 Å². The third-order valence-corrected chi connectivity index (χ3v) is 2.37. The second-order valence-corrected chi connectivity index (χ2v) is 5.08. The highest BCUT2D eigenvalue weighted by atomic mass is 16.5. The van der Waals surface area contributed by atoms with Crippen LogP contribution in [0.25, 0.3) is 0 Å². The fourth-order valence-electron chi connectivity index (χ4n) is 1.42. The van der Waals surface area contributed by atoms with Crippen LogP contribution in [0.1, 0.15) is 51.8 Å². The fourth-order valence-corrected chi connectivity index (χ4v) is 1.42. The van der Waals surface area contributed by atoms with Gasteiger partial charge in [-0.25, -0.2) is 0 Å². The van der Waals surface area contributed by atoms with Gasteiger partial charge >= 0.3 is 0 Å². The molecule has 0 radical (unpaired) electrons. The van der Waals surface area contributed by atoms with E-state index >= 15 is 0 Å². The van der Waals surface area contributed by atoms with Crippen LogP contribution in [0.5, 0.6) is 0 Å². The van der Waals surface area contributed by atoms with Crippen molar-refractivity contribution in [3.63, 3.8) is 0 Å². The maximum absolute atomic E-state index is 11.7. The first kappa shape index (κ1) is 11.0. The minimum atomic E-state index is -0.0861. The summed E-state index contributed by atoms with van der Waals surface area (Å²) < 4.78 is 0.995. The van der Waals surface area contributed by atoms with Crippen LogP contribution >= 0.6 is 0 Å². The fraction of sp³-hybridized carbons (Fsp3) is 0.583. The molecule has 2 nitrogen and oxygen atoms in total. The topological polar surface area (TPSA) is 26.9 Å². The third kappa shape index (κ3) is 2.25. The molecule has 1 aromatic heterocycles. The molecule has 0 N–H and O–H groups in total. The Labute approximate surface area is 86.2 Å². The van der Waals surface area contributed by atoms with Gasteiger partial charge in [0.15, 0.2) is 11.9 Å². The summed E-state index contributed by atoms with van der Waals surface area (Å²) in [6, 6.07) is 3.97. The van der Waals surface area contributed by atoms with Crippen LogP contribution in [-0.4, -0.2) is 0 Å². The monoisotopic (exact) mass is 193 g/mol. The minimum Gasteiger partial charge on any atom is -0.618 e. The van der Waals surface area contributed by atoms with Crippen molar-refractivity contribution in [1.29, 1.82) is 0 Å². The lowest BCUT2D eigenvalue weighted by atomic mass is 9.91. The summed E-state index contributed by atoms with van der Waals surface area (Å²) in [6.07, 6.45) is 1.69. The molecule has 0 fully saturated rings. The van der Waals surface area contributed by atoms with Gasteiger partial charge in [0.2, 0.25) is 0 Å². The molecule has 1 aromatic rings. The molecule has 0 amide bonds. The first-order valence-electron chi connectivity index (χ1n) is 5.06. The van der Waals surface area contributed by atoms with Crippen LogP contribution in [0.4, 0.5) is 0 Å². The Bertz CT molecular complexity index is 324. The molecular weight excluding hydrogens is 174 g/mol. The number of hydrogen-bond donors (Lipinski definition) is 0. The Hall–Kier alpha value is -1.05. The molecule has 0 unspecified atom stereocenters. The van der Waals surface area contributed by atoms with E-state index in [1.807, 2.05) is 32.9 Å². The van der Waals surface area contributed by atoms with E-state index in [-0.39, 0.29) is 5.41 Å². The Balaban J connectivity index is 3.15. The number of aromatic nitrogens is 1. The Morgan fingerprint density at radius 1 is 1.21 bits per heavy atom. The highest BCUT2D eigenvalue weighted by Crippen LogP contribution is 2.20. The zero-order valence-electron chi connectivity index (χ0n) is 9.66. The summed E-state index contributed by atoms with van der Waals surface area (Å²) in [6.45, 7) is 10.3. The lowest BCUT2D eigenvalue weighted by Gasteiger charge is -2.18. The zero-order valence-corrected chi connectivity index (χ0v) is 9.66. The summed E-state index contributed by atoms with van der Waals surface area (Å²) in [5, 5.41) is 11.7. The highest BCUT2D eigenvalue weighted by molar-refractivity contribution is 5.16. The maximum atomic E-state index is 11.7. The summed E-state index contributed by atoms with van der Waals surface area (Å²) in [5.74, 6) is 0.407. The van der Waals surface area contributed by atoms with Crippen LogP contribution in [0, 0.1) is 5.21 Å². The van der Waals surface area contributed by atoms with E-state index in [1.54, 1.807) is 6.20 Å². The van der Waals surface area contributed by atoms with Crippen LogP contribution in [0.3, 0.4) is 0 Å². The van der Waals surface area contributed by atoms with Gasteiger partial charge in [-0.15, -0.1) is 0 Å². The van der Waals surface area contributed by atoms with Gasteiger partial charge in [0.05, 0.1) is 0 Å². The van der Waals surface area contributed by atoms with E-state index in [9.17, 15) is 5.21 Å². The average molecular weight is 193 g/mol. The number of rotatable bonds is 1. The number of pyridine rings is 1. The molecule has 0 spiro atoms. The summed E-state index contributed by atoms with van der Waals surface area (Å²) in [4.78, 5) is 0. The third-order valence-electron chi connectivity index (χ3n) is 2.37. The van der Waals surface area contributed by atoms with Gasteiger partial charge in [0, 0.05) is 17.0 Å². The normalized spacial score (nSPS) is 12.1. The molecule has 0 saturated heterocycles. The van der Waals surface area contributed by atoms with E-state index < -0.39 is 0 Å². The van der Waals surface area contributed by atoms with E-state index in [1.165, 1.54) is 0 Å². The van der Waals surface area contributed by atoms with Gasteiger partial charge in [0.25, 0.3) is 0 Å². The van der Waals surface area contributed by atoms with Crippen molar-refractivity contribution in [2.45, 2.75) is 46.0 Å². The van der Waals surface area contributed by atoms with Gasteiger partial charge < -0.3 is 5.21 Å². The van der Waals surface area contributed by atoms with Crippen LogP contribution < -0.4 is 4.73 Å². The molecule has 14 heavy (non-hydrogen) atoms. The first-order chi connectivity index (χ1) is 6.32. The van der Waals surface area contributed by atoms with E-state index in [0.29, 0.717) is 5.92 Å². The molecule has 1 rings (SSSR count). The van der Waals surface area contributed by atoms with E-state index in [2.05, 4.69) is 13.8 Å². The predicted octanol–water partition coefficient (Wildman–Crippen LogP) is 2.74. The molecule has 0 aliphatic rings. The zero-order chi connectivity index (χ0) is 10.9. The molecule has 0 aromatic carbocycles. The second-order valence-electron chi connectivity index (χ2n) is 5.08. The van der Waals surface area contributed by atoms with Crippen LogP contribution in [0.15, 0.2) is 18.3 Å². The average Bonchev–Trinajstić information content (AvgIpc) is 2.01. The first-order valence-corrected chi connectivity index (χ1v) is 5.06. The lowest BCUT2D eigenvalue weighted by Crippen LogP contribution is -2.38. The maximum Gasteiger partial charge on any atom is 0.198 e. The summed E-state index contributed by atoms with van der Waals surface area (Å²) in [5.41, 5.74) is 1.83. The van der Waals surface area contributed by atoms with Crippen molar-refractivity contribution in [3.05, 3.63) is 34.8 Å². The van der Waals surface area contributed by atoms with Crippen molar-refractivity contribution in [2.75, 3.05) is 0 Å². The minimum absolute atomic E-state index is 0.0861. The summed E-state index contributed by atoms with van der Waals surface area (Å²) >= 11 is 0. The standard InChI is InChI=1S/C12H19NO/c1-9(2)10-6-7-11(12(3,4)5)13(14)8-10/h6-9H,1-5H3. The van der Waals surface area contributed by atoms with Crippen molar-refractivity contribution in [1.82, 2.24) is 0 Å². The lowest BCUT2D eigenvalue weighted by molar-refractivity contribution is -0.618. The molecule has 0 atom stereocenters. The quantitative estimate of drug-likeness (QED) is 0.497. The molecule has 0 aliphatic carbocycles. The smallest absolute Gasteiger partial charge is 0.198 e. The molecule has 0 bridgehead atoms. The Morgan fingerprint density at radius 3 is 2.14 bits per heavy atom. The predicted molar refractivity (Wildman–Crippen MR) is 58.2 cm³/mol. The molecular formula is C12H19NO. The van der Waals surface area contributed by atoms with Crippen molar-refractivity contribution in [3.8, 4) is 0 Å². The number of nitrogens with zero attached hydrogens (tertiary/aromatic N) is 1. The Morgan fingerprint density at radius 2 is 1.79 bits per heavy atom. The molecule has 2 heteroatoms. The van der Waals surface area contributed by atoms with Gasteiger partial charge in [-0.2, -0.15) is 4.73 Å². The summed E-state index contributed by atoms with van der Waals surface area (Å²) in [7, 11) is 0. The SMILES string of the molecule is CC(C)c1ccc(C(C)(C)C)[n+]([O-])c1. The number of hydrogen-bond acceptors (Lipinski definition) is 1. The molecule has 0 saturated carbocycles. The van der Waals surface area contributed by atoms with Gasteiger partial charge in [0.1, 0.15) is 0 Å². The van der Waals surface area contributed by atoms with E-state index in [4.69, 9.17) is 0 Å². The van der Waals surface area contributed by atoms with Gasteiger partial charge in [-0.1, -0.05) is 34.6 Å². The molecule has 1 heterocycles. The van der Waals surface area contributed by atoms with Crippen LogP contribution in [-0.2, 0) is 5.41 Å². The molecule has 0 aliphatic heterocycles. The second kappa shape index (κ2) is 3.60. The molecule has 78 valence electrons.